The summed E-state index contributed by atoms with van der Waals surface area (Å²) < 4.78 is 33.8. The summed E-state index contributed by atoms with van der Waals surface area (Å²) in [6.07, 6.45) is 0.560. The number of nitrogens with zero attached hydrogens (tertiary/aromatic N) is 1. The fourth-order valence-corrected chi connectivity index (χ4v) is 4.35. The van der Waals surface area contributed by atoms with Crippen LogP contribution in [0, 0.1) is 0 Å². The minimum atomic E-state index is -2.97. The van der Waals surface area contributed by atoms with E-state index in [2.05, 4.69) is 0 Å². The van der Waals surface area contributed by atoms with Crippen LogP contribution < -0.4 is 10.2 Å². The first kappa shape index (κ1) is 13.6. The zero-order valence-corrected chi connectivity index (χ0v) is 11.6. The maximum absolute atomic E-state index is 11.8. The van der Waals surface area contributed by atoms with Gasteiger partial charge in [0.15, 0.2) is 15.6 Å². The molecule has 1 aromatic heterocycles. The van der Waals surface area contributed by atoms with Crippen molar-refractivity contribution in [3.05, 3.63) is 27.8 Å². The van der Waals surface area contributed by atoms with Gasteiger partial charge in [-0.05, 0) is 6.42 Å². The summed E-state index contributed by atoms with van der Waals surface area (Å²) in [6, 6.07) is 1.09. The predicted molar refractivity (Wildman–Crippen MR) is 69.0 cm³/mol. The van der Waals surface area contributed by atoms with Crippen LogP contribution in [0.25, 0.3) is 0 Å². The van der Waals surface area contributed by atoms with E-state index in [4.69, 9.17) is 14.3 Å². The SMILES string of the molecule is O=c1cc(CO)oc2c1OCN([C@H]1CCS(=O)(=O)C1)C2. The lowest BCUT2D eigenvalue weighted by Crippen LogP contribution is -2.42. The highest BCUT2D eigenvalue weighted by molar-refractivity contribution is 7.91. The number of hydrogen-bond acceptors (Lipinski definition) is 7. The van der Waals surface area contributed by atoms with E-state index in [0.717, 1.165) is 0 Å². The van der Waals surface area contributed by atoms with E-state index < -0.39 is 9.84 Å². The molecule has 3 heterocycles. The summed E-state index contributed by atoms with van der Waals surface area (Å²) in [4.78, 5) is 13.6. The second-order valence-corrected chi connectivity index (χ2v) is 7.29. The van der Waals surface area contributed by atoms with Crippen LogP contribution >= 0.6 is 0 Å². The molecular formula is C12H15NO6S. The lowest BCUT2D eigenvalue weighted by Gasteiger charge is -2.31. The van der Waals surface area contributed by atoms with Crippen molar-refractivity contribution in [2.45, 2.75) is 25.6 Å². The summed E-state index contributed by atoms with van der Waals surface area (Å²) in [7, 11) is -2.97. The number of aliphatic hydroxyl groups is 1. The molecule has 1 fully saturated rings. The maximum atomic E-state index is 11.8. The Morgan fingerprint density at radius 3 is 2.90 bits per heavy atom. The van der Waals surface area contributed by atoms with Crippen LogP contribution in [0.4, 0.5) is 0 Å². The van der Waals surface area contributed by atoms with E-state index >= 15 is 0 Å². The minimum absolute atomic E-state index is 0.107. The highest BCUT2D eigenvalue weighted by Crippen LogP contribution is 2.27. The van der Waals surface area contributed by atoms with E-state index in [0.29, 0.717) is 18.7 Å². The standard InChI is InChI=1S/C12H15NO6S/c14-5-9-3-10(15)12-11(19-9)4-13(7-18-12)8-1-2-20(16,17)6-8/h3,8,14H,1-2,4-7H2/t8-/m0/s1. The highest BCUT2D eigenvalue weighted by atomic mass is 32.2. The molecule has 3 rings (SSSR count). The third-order valence-electron chi connectivity index (χ3n) is 3.63. The minimum Gasteiger partial charge on any atom is -0.470 e. The summed E-state index contributed by atoms with van der Waals surface area (Å²) in [6.45, 7) is 0.134. The van der Waals surface area contributed by atoms with Gasteiger partial charge in [0, 0.05) is 12.1 Å². The first-order valence-electron chi connectivity index (χ1n) is 6.32. The van der Waals surface area contributed by atoms with Crippen molar-refractivity contribution in [1.29, 1.82) is 0 Å². The van der Waals surface area contributed by atoms with Crippen LogP contribution in [0.2, 0.25) is 0 Å². The molecule has 0 amide bonds. The van der Waals surface area contributed by atoms with Crippen molar-refractivity contribution in [3.8, 4) is 5.75 Å². The van der Waals surface area contributed by atoms with Crippen molar-refractivity contribution in [3.63, 3.8) is 0 Å². The van der Waals surface area contributed by atoms with Gasteiger partial charge in [-0.3, -0.25) is 9.69 Å². The van der Waals surface area contributed by atoms with Crippen molar-refractivity contribution in [2.75, 3.05) is 18.2 Å². The zero-order chi connectivity index (χ0) is 14.3. The molecule has 0 unspecified atom stereocenters. The lowest BCUT2D eigenvalue weighted by atomic mass is 10.2. The molecular weight excluding hydrogens is 286 g/mol. The molecule has 8 heteroatoms. The molecule has 0 saturated carbocycles. The summed E-state index contributed by atoms with van der Waals surface area (Å²) in [5.74, 6) is 0.965. The molecule has 0 aliphatic carbocycles. The van der Waals surface area contributed by atoms with Gasteiger partial charge in [0.25, 0.3) is 0 Å². The first-order chi connectivity index (χ1) is 9.48. The van der Waals surface area contributed by atoms with Gasteiger partial charge in [0.1, 0.15) is 19.1 Å². The third kappa shape index (κ3) is 2.46. The molecule has 7 nitrogen and oxygen atoms in total. The average Bonchev–Trinajstić information content (AvgIpc) is 2.78. The number of ether oxygens (including phenoxy) is 1. The highest BCUT2D eigenvalue weighted by Gasteiger charge is 2.35. The monoisotopic (exact) mass is 301 g/mol. The molecule has 1 atom stereocenters. The van der Waals surface area contributed by atoms with Gasteiger partial charge in [-0.15, -0.1) is 0 Å². The van der Waals surface area contributed by atoms with Gasteiger partial charge in [0.2, 0.25) is 11.2 Å². The third-order valence-corrected chi connectivity index (χ3v) is 5.38. The van der Waals surface area contributed by atoms with Crippen molar-refractivity contribution < 1.29 is 22.7 Å². The Bertz CT molecular complexity index is 680. The molecule has 2 aliphatic rings. The molecule has 20 heavy (non-hydrogen) atoms. The second kappa shape index (κ2) is 4.87. The number of aliphatic hydroxyl groups excluding tert-OH is 1. The fraction of sp³-hybridized carbons (Fsp3) is 0.583. The van der Waals surface area contributed by atoms with E-state index in [1.54, 1.807) is 0 Å². The van der Waals surface area contributed by atoms with Gasteiger partial charge in [-0.2, -0.15) is 0 Å². The smallest absolute Gasteiger partial charge is 0.227 e. The molecule has 1 aromatic rings. The number of rotatable bonds is 2. The largest absolute Gasteiger partial charge is 0.470 e. The predicted octanol–water partition coefficient (Wildman–Crippen LogP) is -0.529. The molecule has 110 valence electrons. The molecule has 0 spiro atoms. The first-order valence-corrected chi connectivity index (χ1v) is 8.15. The Hall–Kier alpha value is -1.38. The van der Waals surface area contributed by atoms with Crippen LogP contribution in [0.1, 0.15) is 17.9 Å². The van der Waals surface area contributed by atoms with E-state index in [1.165, 1.54) is 6.07 Å². The van der Waals surface area contributed by atoms with Gasteiger partial charge >= 0.3 is 0 Å². The van der Waals surface area contributed by atoms with Gasteiger partial charge in [-0.25, -0.2) is 8.42 Å². The van der Waals surface area contributed by atoms with E-state index in [9.17, 15) is 13.2 Å². The molecule has 0 radical (unpaired) electrons. The van der Waals surface area contributed by atoms with E-state index in [1.807, 2.05) is 4.90 Å². The zero-order valence-electron chi connectivity index (χ0n) is 10.7. The van der Waals surface area contributed by atoms with Crippen molar-refractivity contribution >= 4 is 9.84 Å². The van der Waals surface area contributed by atoms with Crippen molar-refractivity contribution in [1.82, 2.24) is 4.90 Å². The van der Waals surface area contributed by atoms with Gasteiger partial charge < -0.3 is 14.3 Å². The summed E-state index contributed by atoms with van der Waals surface area (Å²) in [5, 5.41) is 9.04. The Balaban J connectivity index is 1.85. The van der Waals surface area contributed by atoms with Crippen LogP contribution in [0.5, 0.6) is 5.75 Å². The number of fused-ring (bicyclic) bond motifs is 1. The summed E-state index contributed by atoms with van der Waals surface area (Å²) >= 11 is 0. The number of hydrogen-bond donors (Lipinski definition) is 1. The van der Waals surface area contributed by atoms with Gasteiger partial charge in [-0.1, -0.05) is 0 Å². The van der Waals surface area contributed by atoms with Crippen LogP contribution in [0.15, 0.2) is 15.3 Å². The Labute approximate surface area is 115 Å². The summed E-state index contributed by atoms with van der Waals surface area (Å²) in [5.41, 5.74) is -0.325. The fourth-order valence-electron chi connectivity index (χ4n) is 2.59. The van der Waals surface area contributed by atoms with E-state index in [-0.39, 0.29) is 47.8 Å². The topological polar surface area (TPSA) is 97.1 Å². The Kier molecular flexibility index (Phi) is 3.31. The molecule has 1 N–H and O–H groups in total. The molecule has 1 saturated heterocycles. The van der Waals surface area contributed by atoms with Crippen LogP contribution in [-0.2, 0) is 23.0 Å². The normalized spacial score (nSPS) is 25.1. The molecule has 0 aromatic carbocycles. The van der Waals surface area contributed by atoms with Crippen molar-refractivity contribution in [2.24, 2.45) is 0 Å². The Morgan fingerprint density at radius 2 is 2.25 bits per heavy atom. The lowest BCUT2D eigenvalue weighted by molar-refractivity contribution is 0.0471. The van der Waals surface area contributed by atoms with Crippen LogP contribution in [0.3, 0.4) is 0 Å². The number of sulfone groups is 1. The van der Waals surface area contributed by atoms with Crippen LogP contribution in [-0.4, -0.2) is 42.7 Å². The molecule has 2 aliphatic heterocycles. The Morgan fingerprint density at radius 1 is 1.45 bits per heavy atom. The second-order valence-electron chi connectivity index (χ2n) is 5.06. The maximum Gasteiger partial charge on any atom is 0.227 e. The van der Waals surface area contributed by atoms with Gasteiger partial charge in [0.05, 0.1) is 18.1 Å². The average molecular weight is 301 g/mol. The quantitative estimate of drug-likeness (QED) is 0.784. The molecule has 0 bridgehead atoms.